The van der Waals surface area contributed by atoms with Crippen molar-refractivity contribution in [2.75, 3.05) is 17.2 Å². The highest BCUT2D eigenvalue weighted by molar-refractivity contribution is 7.09. The molecule has 0 radical (unpaired) electrons. The van der Waals surface area contributed by atoms with Gasteiger partial charge in [-0.3, -0.25) is 10.1 Å². The normalized spacial score (nSPS) is 10.5. The molecule has 0 saturated heterocycles. The average molecular weight is 346 g/mol. The Bertz CT molecular complexity index is 833. The third-order valence-electron chi connectivity index (χ3n) is 3.12. The number of hydrogen-bond donors (Lipinski definition) is 2. The second kappa shape index (κ2) is 7.04. The van der Waals surface area contributed by atoms with Gasteiger partial charge in [-0.1, -0.05) is 11.2 Å². The van der Waals surface area contributed by atoms with Crippen molar-refractivity contribution in [2.45, 2.75) is 13.3 Å². The van der Waals surface area contributed by atoms with Crippen LogP contribution < -0.4 is 10.6 Å². The van der Waals surface area contributed by atoms with Crippen LogP contribution in [0.15, 0.2) is 34.4 Å². The highest BCUT2D eigenvalue weighted by Crippen LogP contribution is 2.30. The minimum Gasteiger partial charge on any atom is -0.364 e. The predicted octanol–water partition coefficient (Wildman–Crippen LogP) is 3.14. The molecule has 0 unspecified atom stereocenters. The maximum atomic E-state index is 11.4. The zero-order valence-corrected chi connectivity index (χ0v) is 13.5. The van der Waals surface area contributed by atoms with Crippen molar-refractivity contribution >= 4 is 34.5 Å². The fourth-order valence-electron chi connectivity index (χ4n) is 2.08. The third-order valence-corrected chi connectivity index (χ3v) is 4.06. The van der Waals surface area contributed by atoms with Crippen LogP contribution in [0.1, 0.15) is 10.6 Å². The summed E-state index contributed by atoms with van der Waals surface area (Å²) < 4.78 is 4.93. The van der Waals surface area contributed by atoms with Crippen molar-refractivity contribution in [3.63, 3.8) is 0 Å². The van der Waals surface area contributed by atoms with E-state index >= 15 is 0 Å². The van der Waals surface area contributed by atoms with Gasteiger partial charge in [0.1, 0.15) is 12.1 Å². The van der Waals surface area contributed by atoms with Crippen LogP contribution in [0.25, 0.3) is 0 Å². The van der Waals surface area contributed by atoms with Gasteiger partial charge < -0.3 is 15.2 Å². The molecule has 10 heteroatoms. The molecule has 0 aliphatic carbocycles. The second-order valence-corrected chi connectivity index (χ2v) is 5.91. The molecule has 0 spiro atoms. The molecule has 0 bridgehead atoms. The van der Waals surface area contributed by atoms with Gasteiger partial charge in [0, 0.05) is 17.5 Å². The summed E-state index contributed by atoms with van der Waals surface area (Å²) in [5, 5.41) is 23.0. The van der Waals surface area contributed by atoms with Gasteiger partial charge in [0.25, 0.3) is 0 Å². The lowest BCUT2D eigenvalue weighted by molar-refractivity contribution is -0.383. The summed E-state index contributed by atoms with van der Waals surface area (Å²) in [5.41, 5.74) is -0.232. The van der Waals surface area contributed by atoms with Gasteiger partial charge in [-0.15, -0.1) is 11.3 Å². The summed E-state index contributed by atoms with van der Waals surface area (Å²) >= 11 is 1.64. The van der Waals surface area contributed by atoms with Crippen LogP contribution in [0.3, 0.4) is 0 Å². The number of rotatable bonds is 7. The smallest absolute Gasteiger partial charge is 0.353 e. The molecule has 2 N–H and O–H groups in total. The Labute approximate surface area is 140 Å². The van der Waals surface area contributed by atoms with E-state index in [1.54, 1.807) is 24.3 Å². The van der Waals surface area contributed by atoms with Crippen LogP contribution in [0.2, 0.25) is 0 Å². The van der Waals surface area contributed by atoms with Crippen molar-refractivity contribution in [3.05, 3.63) is 50.7 Å². The first-order valence-electron chi connectivity index (χ1n) is 7.09. The average Bonchev–Trinajstić information content (AvgIpc) is 3.19. The van der Waals surface area contributed by atoms with Crippen molar-refractivity contribution in [2.24, 2.45) is 0 Å². The van der Waals surface area contributed by atoms with E-state index in [-0.39, 0.29) is 17.3 Å². The molecule has 0 amide bonds. The van der Waals surface area contributed by atoms with Crippen LogP contribution in [-0.4, -0.2) is 26.6 Å². The topological polar surface area (TPSA) is 119 Å². The Morgan fingerprint density at radius 1 is 1.38 bits per heavy atom. The molecule has 0 aliphatic heterocycles. The van der Waals surface area contributed by atoms with E-state index in [0.29, 0.717) is 18.1 Å². The van der Waals surface area contributed by atoms with Gasteiger partial charge in [0.15, 0.2) is 5.82 Å². The van der Waals surface area contributed by atoms with E-state index in [4.69, 9.17) is 4.52 Å². The lowest BCUT2D eigenvalue weighted by Gasteiger charge is -2.08. The number of nitro groups is 1. The SMILES string of the molecule is Cc1cc(Nc2ncnc(NCCc3cccs3)c2[N+](=O)[O-])no1. The van der Waals surface area contributed by atoms with E-state index in [1.165, 1.54) is 11.2 Å². The molecule has 24 heavy (non-hydrogen) atoms. The van der Waals surface area contributed by atoms with Gasteiger partial charge in [0.2, 0.25) is 11.6 Å². The van der Waals surface area contributed by atoms with E-state index in [0.717, 1.165) is 6.42 Å². The summed E-state index contributed by atoms with van der Waals surface area (Å²) in [4.78, 5) is 20.0. The fraction of sp³-hybridized carbons (Fsp3) is 0.214. The van der Waals surface area contributed by atoms with Crippen LogP contribution in [0.5, 0.6) is 0 Å². The molecule has 9 nitrogen and oxygen atoms in total. The van der Waals surface area contributed by atoms with Gasteiger partial charge in [-0.25, -0.2) is 9.97 Å². The van der Waals surface area contributed by atoms with Crippen molar-refractivity contribution in [1.29, 1.82) is 0 Å². The molecular formula is C14H14N6O3S. The molecule has 3 heterocycles. The number of nitrogens with one attached hydrogen (secondary N) is 2. The summed E-state index contributed by atoms with van der Waals surface area (Å²) in [6.07, 6.45) is 2.01. The van der Waals surface area contributed by atoms with E-state index in [9.17, 15) is 10.1 Å². The molecule has 124 valence electrons. The molecule has 0 atom stereocenters. The number of anilines is 3. The maximum absolute atomic E-state index is 11.4. The van der Waals surface area contributed by atoms with E-state index < -0.39 is 4.92 Å². The van der Waals surface area contributed by atoms with Crippen molar-refractivity contribution in [3.8, 4) is 0 Å². The molecule has 0 aromatic carbocycles. The first-order valence-corrected chi connectivity index (χ1v) is 7.97. The zero-order chi connectivity index (χ0) is 16.9. The Kier molecular flexibility index (Phi) is 4.66. The summed E-state index contributed by atoms with van der Waals surface area (Å²) in [6, 6.07) is 5.60. The van der Waals surface area contributed by atoms with Gasteiger partial charge in [-0.05, 0) is 24.8 Å². The minimum atomic E-state index is -0.525. The second-order valence-electron chi connectivity index (χ2n) is 4.88. The first kappa shape index (κ1) is 15.9. The predicted molar refractivity (Wildman–Crippen MR) is 89.7 cm³/mol. The number of nitrogens with zero attached hydrogens (tertiary/aromatic N) is 4. The maximum Gasteiger partial charge on any atom is 0.353 e. The number of hydrogen-bond acceptors (Lipinski definition) is 9. The third kappa shape index (κ3) is 3.66. The Morgan fingerprint density at radius 2 is 2.21 bits per heavy atom. The van der Waals surface area contributed by atoms with E-state index in [2.05, 4.69) is 25.8 Å². The zero-order valence-electron chi connectivity index (χ0n) is 12.7. The molecule has 3 aromatic heterocycles. The molecular weight excluding hydrogens is 332 g/mol. The first-order chi connectivity index (χ1) is 11.6. The van der Waals surface area contributed by atoms with Crippen LogP contribution in [0, 0.1) is 17.0 Å². The molecule has 3 rings (SSSR count). The van der Waals surface area contributed by atoms with Crippen molar-refractivity contribution < 1.29 is 9.45 Å². The Balaban J connectivity index is 1.78. The summed E-state index contributed by atoms with van der Waals surface area (Å²) in [6.45, 7) is 2.25. The van der Waals surface area contributed by atoms with Crippen LogP contribution in [0.4, 0.5) is 23.1 Å². The van der Waals surface area contributed by atoms with Gasteiger partial charge >= 0.3 is 5.69 Å². The Morgan fingerprint density at radius 3 is 2.88 bits per heavy atom. The minimum absolute atomic E-state index is 0.0573. The molecule has 0 fully saturated rings. The number of aryl methyl sites for hydroxylation is 1. The van der Waals surface area contributed by atoms with Crippen LogP contribution in [-0.2, 0) is 6.42 Å². The molecule has 3 aromatic rings. The highest BCUT2D eigenvalue weighted by atomic mass is 32.1. The molecule has 0 aliphatic rings. The highest BCUT2D eigenvalue weighted by Gasteiger charge is 2.23. The number of aromatic nitrogens is 3. The standard InChI is InChI=1S/C14H14N6O3S/c1-9-7-11(19-23-9)18-14-12(20(21)22)13(16-8-17-14)15-5-4-10-3-2-6-24-10/h2-3,6-8H,4-5H2,1H3,(H2,15,16,17,18,19). The lowest BCUT2D eigenvalue weighted by Crippen LogP contribution is -2.10. The quantitative estimate of drug-likeness (QED) is 0.494. The van der Waals surface area contributed by atoms with E-state index in [1.807, 2.05) is 17.5 Å². The van der Waals surface area contributed by atoms with Gasteiger partial charge in [0.05, 0.1) is 4.92 Å². The fourth-order valence-corrected chi connectivity index (χ4v) is 2.79. The number of thiophene rings is 1. The largest absolute Gasteiger partial charge is 0.364 e. The van der Waals surface area contributed by atoms with Gasteiger partial charge in [-0.2, -0.15) is 0 Å². The summed E-state index contributed by atoms with van der Waals surface area (Å²) in [7, 11) is 0. The molecule has 0 saturated carbocycles. The van der Waals surface area contributed by atoms with Crippen molar-refractivity contribution in [1.82, 2.24) is 15.1 Å². The summed E-state index contributed by atoms with van der Waals surface area (Å²) in [5.74, 6) is 1.15. The van der Waals surface area contributed by atoms with Crippen LogP contribution >= 0.6 is 11.3 Å². The Hall–Kier alpha value is -3.01. The lowest BCUT2D eigenvalue weighted by atomic mass is 10.3. The monoisotopic (exact) mass is 346 g/mol.